The molecule has 7 heteroatoms. The highest BCUT2D eigenvalue weighted by atomic mass is 16.2. The summed E-state index contributed by atoms with van der Waals surface area (Å²) >= 11 is 0. The van der Waals surface area contributed by atoms with Crippen LogP contribution in [0, 0.1) is 17.8 Å². The van der Waals surface area contributed by atoms with Crippen LogP contribution in [-0.4, -0.2) is 54.0 Å². The van der Waals surface area contributed by atoms with Crippen LogP contribution in [0.25, 0.3) is 0 Å². The third-order valence-corrected chi connectivity index (χ3v) is 6.35. The molecule has 4 fully saturated rings. The molecule has 2 heterocycles. The minimum Gasteiger partial charge on any atom is -0.352 e. The number of carbonyl (C=O) groups excluding carboxylic acids is 3. The number of nitrogens with one attached hydrogen (secondary N) is 3. The highest BCUT2D eigenvalue weighted by Gasteiger charge is 2.49. The van der Waals surface area contributed by atoms with Crippen molar-refractivity contribution < 1.29 is 14.4 Å². The third kappa shape index (κ3) is 3.52. The van der Waals surface area contributed by atoms with Gasteiger partial charge in [0.2, 0.25) is 5.91 Å². The summed E-state index contributed by atoms with van der Waals surface area (Å²) in [5, 5.41) is 8.38. The van der Waals surface area contributed by atoms with Gasteiger partial charge in [-0.2, -0.15) is 0 Å². The van der Waals surface area contributed by atoms with Crippen LogP contribution in [0.4, 0.5) is 4.79 Å². The number of hydrogen-bond donors (Lipinski definition) is 3. The van der Waals surface area contributed by atoms with Gasteiger partial charge in [0.25, 0.3) is 5.91 Å². The quantitative estimate of drug-likeness (QED) is 0.613. The lowest BCUT2D eigenvalue weighted by Crippen LogP contribution is -2.56. The van der Waals surface area contributed by atoms with Crippen molar-refractivity contribution >= 4 is 17.8 Å². The molecule has 138 valence electrons. The Morgan fingerprint density at radius 3 is 2.48 bits per heavy atom. The molecule has 2 aliphatic carbocycles. The Hall–Kier alpha value is -1.63. The molecule has 2 atom stereocenters. The van der Waals surface area contributed by atoms with E-state index in [1.165, 1.54) is 25.7 Å². The fraction of sp³-hybridized carbons (Fsp3) is 0.833. The van der Waals surface area contributed by atoms with Gasteiger partial charge in [-0.3, -0.25) is 19.8 Å². The van der Waals surface area contributed by atoms with Gasteiger partial charge in [-0.1, -0.05) is 0 Å². The number of likely N-dealkylation sites (tertiary alicyclic amines) is 1. The number of amides is 4. The first kappa shape index (κ1) is 16.8. The van der Waals surface area contributed by atoms with E-state index in [0.29, 0.717) is 31.0 Å². The summed E-state index contributed by atoms with van der Waals surface area (Å²) in [5.41, 5.74) is -0.864. The Morgan fingerprint density at radius 1 is 1.24 bits per heavy atom. The first-order chi connectivity index (χ1) is 12.0. The second-order valence-electron chi connectivity index (χ2n) is 8.45. The molecule has 0 bridgehead atoms. The number of piperidine rings is 1. The third-order valence-electron chi connectivity index (χ3n) is 6.35. The Balaban J connectivity index is 1.32. The molecule has 2 aliphatic heterocycles. The molecular formula is C18H28N4O3. The highest BCUT2D eigenvalue weighted by Crippen LogP contribution is 2.44. The van der Waals surface area contributed by atoms with E-state index in [1.54, 1.807) is 6.92 Å². The monoisotopic (exact) mass is 348 g/mol. The van der Waals surface area contributed by atoms with Crippen LogP contribution >= 0.6 is 0 Å². The zero-order valence-corrected chi connectivity index (χ0v) is 14.8. The molecule has 0 aromatic heterocycles. The van der Waals surface area contributed by atoms with E-state index in [2.05, 4.69) is 20.9 Å². The van der Waals surface area contributed by atoms with Gasteiger partial charge >= 0.3 is 6.03 Å². The maximum Gasteiger partial charge on any atom is 0.322 e. The summed E-state index contributed by atoms with van der Waals surface area (Å²) < 4.78 is 0. The second kappa shape index (κ2) is 6.27. The minimum absolute atomic E-state index is 0.0307. The SMILES string of the molecule is C[C@]1([C@H]2CCCN(CC(=O)NC(C3CC3)C3CC3)C2)NC(=O)NC1=O. The van der Waals surface area contributed by atoms with Gasteiger partial charge in [-0.15, -0.1) is 0 Å². The van der Waals surface area contributed by atoms with Crippen LogP contribution in [0.15, 0.2) is 0 Å². The average molecular weight is 348 g/mol. The van der Waals surface area contributed by atoms with Gasteiger partial charge in [-0.05, 0) is 63.8 Å². The standard InChI is InChI=1S/C18H28N4O3/c1-18(16(24)20-17(25)21-18)13-3-2-8-22(9-13)10-14(23)19-15(11-4-5-11)12-6-7-12/h11-13,15H,2-10H2,1H3,(H,19,23)(H2,20,21,24,25)/t13-,18+/m0/s1. The van der Waals surface area contributed by atoms with E-state index in [4.69, 9.17) is 0 Å². The number of nitrogens with zero attached hydrogens (tertiary/aromatic N) is 1. The maximum atomic E-state index is 12.5. The van der Waals surface area contributed by atoms with E-state index >= 15 is 0 Å². The summed E-state index contributed by atoms with van der Waals surface area (Å²) in [6, 6.07) is -0.0374. The number of urea groups is 1. The molecule has 0 aromatic rings. The van der Waals surface area contributed by atoms with E-state index in [1.807, 2.05) is 0 Å². The topological polar surface area (TPSA) is 90.5 Å². The number of imide groups is 1. The van der Waals surface area contributed by atoms with Gasteiger partial charge in [0.15, 0.2) is 0 Å². The lowest BCUT2D eigenvalue weighted by atomic mass is 9.80. The predicted octanol–water partition coefficient (Wildman–Crippen LogP) is 0.601. The lowest BCUT2D eigenvalue weighted by molar-refractivity contribution is -0.126. The number of rotatable bonds is 6. The Morgan fingerprint density at radius 2 is 1.92 bits per heavy atom. The summed E-state index contributed by atoms with van der Waals surface area (Å²) in [5.74, 6) is 1.28. The second-order valence-corrected chi connectivity index (χ2v) is 8.45. The van der Waals surface area contributed by atoms with Crippen molar-refractivity contribution in [2.75, 3.05) is 19.6 Å². The van der Waals surface area contributed by atoms with Gasteiger partial charge < -0.3 is 10.6 Å². The van der Waals surface area contributed by atoms with Gasteiger partial charge in [-0.25, -0.2) is 4.79 Å². The summed E-state index contributed by atoms with van der Waals surface area (Å²) in [4.78, 5) is 38.3. The van der Waals surface area contributed by atoms with Crippen LogP contribution in [0.5, 0.6) is 0 Å². The zero-order valence-electron chi connectivity index (χ0n) is 14.8. The Kier molecular flexibility index (Phi) is 4.22. The molecule has 4 aliphatic rings. The van der Waals surface area contributed by atoms with Gasteiger partial charge in [0, 0.05) is 18.5 Å². The highest BCUT2D eigenvalue weighted by molar-refractivity contribution is 6.07. The van der Waals surface area contributed by atoms with Crippen molar-refractivity contribution in [1.82, 2.24) is 20.9 Å². The Labute approximate surface area is 148 Å². The molecule has 0 radical (unpaired) electrons. The fourth-order valence-corrected chi connectivity index (χ4v) is 4.48. The van der Waals surface area contributed by atoms with E-state index in [0.717, 1.165) is 19.4 Å². The summed E-state index contributed by atoms with van der Waals surface area (Å²) in [7, 11) is 0. The normalized spacial score (nSPS) is 33.3. The molecule has 4 amide bonds. The average Bonchev–Trinajstić information content (AvgIpc) is 3.46. The largest absolute Gasteiger partial charge is 0.352 e. The van der Waals surface area contributed by atoms with Crippen molar-refractivity contribution in [3.63, 3.8) is 0 Å². The first-order valence-electron chi connectivity index (χ1n) is 9.61. The van der Waals surface area contributed by atoms with Crippen molar-refractivity contribution in [2.24, 2.45) is 17.8 Å². The van der Waals surface area contributed by atoms with Crippen molar-refractivity contribution in [2.45, 2.75) is 57.0 Å². The van der Waals surface area contributed by atoms with Crippen molar-refractivity contribution in [3.8, 4) is 0 Å². The van der Waals surface area contributed by atoms with Crippen LogP contribution in [0.2, 0.25) is 0 Å². The molecule has 0 unspecified atom stereocenters. The van der Waals surface area contributed by atoms with E-state index in [9.17, 15) is 14.4 Å². The zero-order chi connectivity index (χ0) is 17.6. The summed E-state index contributed by atoms with van der Waals surface area (Å²) in [6.07, 6.45) is 6.82. The number of hydrogen-bond acceptors (Lipinski definition) is 4. The molecule has 2 saturated heterocycles. The molecule has 3 N–H and O–H groups in total. The molecule has 0 aromatic carbocycles. The molecule has 2 saturated carbocycles. The molecule has 7 nitrogen and oxygen atoms in total. The molecule has 25 heavy (non-hydrogen) atoms. The van der Waals surface area contributed by atoms with Crippen molar-refractivity contribution in [3.05, 3.63) is 0 Å². The maximum absolute atomic E-state index is 12.5. The van der Waals surface area contributed by atoms with Crippen LogP contribution < -0.4 is 16.0 Å². The lowest BCUT2D eigenvalue weighted by Gasteiger charge is -2.39. The first-order valence-corrected chi connectivity index (χ1v) is 9.61. The van der Waals surface area contributed by atoms with E-state index < -0.39 is 11.6 Å². The van der Waals surface area contributed by atoms with E-state index in [-0.39, 0.29) is 17.7 Å². The Bertz CT molecular complexity index is 575. The van der Waals surface area contributed by atoms with Crippen LogP contribution in [0.3, 0.4) is 0 Å². The van der Waals surface area contributed by atoms with Crippen molar-refractivity contribution in [1.29, 1.82) is 0 Å². The molecule has 0 spiro atoms. The van der Waals surface area contributed by atoms with Gasteiger partial charge in [0.1, 0.15) is 5.54 Å². The smallest absolute Gasteiger partial charge is 0.322 e. The van der Waals surface area contributed by atoms with Gasteiger partial charge in [0.05, 0.1) is 6.54 Å². The predicted molar refractivity (Wildman–Crippen MR) is 91.6 cm³/mol. The van der Waals surface area contributed by atoms with Crippen LogP contribution in [-0.2, 0) is 9.59 Å². The molecular weight excluding hydrogens is 320 g/mol. The minimum atomic E-state index is -0.864. The number of carbonyl (C=O) groups is 3. The molecule has 4 rings (SSSR count). The van der Waals surface area contributed by atoms with Crippen LogP contribution in [0.1, 0.15) is 45.4 Å². The summed E-state index contributed by atoms with van der Waals surface area (Å²) in [6.45, 7) is 3.71. The fourth-order valence-electron chi connectivity index (χ4n) is 4.48.